The summed E-state index contributed by atoms with van der Waals surface area (Å²) in [6, 6.07) is 1.79. The Morgan fingerprint density at radius 3 is 2.70 bits per heavy atom. The average Bonchev–Trinajstić information content (AvgIpc) is 2.64. The minimum Gasteiger partial charge on any atom is -0.444 e. The van der Waals surface area contributed by atoms with Crippen LogP contribution in [0.3, 0.4) is 0 Å². The molecule has 1 saturated carbocycles. The molecule has 4 nitrogen and oxygen atoms in total. The second kappa shape index (κ2) is 7.84. The normalized spacial score (nSPS) is 16.9. The fourth-order valence-corrected chi connectivity index (χ4v) is 3.05. The molecule has 1 aliphatic carbocycles. The van der Waals surface area contributed by atoms with Gasteiger partial charge in [-0.05, 0) is 41.8 Å². The van der Waals surface area contributed by atoms with Gasteiger partial charge in [-0.1, -0.05) is 25.7 Å². The maximum absolute atomic E-state index is 11.9. The third kappa shape index (κ3) is 4.63. The quantitative estimate of drug-likeness (QED) is 0.653. The van der Waals surface area contributed by atoms with E-state index in [-0.39, 0.29) is 5.91 Å². The first-order chi connectivity index (χ1) is 9.66. The van der Waals surface area contributed by atoms with Gasteiger partial charge >= 0.3 is 0 Å². The van der Waals surface area contributed by atoms with E-state index in [1.165, 1.54) is 25.7 Å². The summed E-state index contributed by atoms with van der Waals surface area (Å²) in [5.41, 5.74) is 0.832. The van der Waals surface area contributed by atoms with Crippen molar-refractivity contribution in [3.63, 3.8) is 0 Å². The Balaban J connectivity index is 1.67. The van der Waals surface area contributed by atoms with Crippen LogP contribution in [0.15, 0.2) is 15.2 Å². The predicted octanol–water partition coefficient (Wildman–Crippen LogP) is 3.82. The van der Waals surface area contributed by atoms with E-state index in [4.69, 9.17) is 9.15 Å². The fourth-order valence-electron chi connectivity index (χ4n) is 2.55. The molecule has 1 aliphatic rings. The number of ether oxygens (including phenoxy) is 1. The van der Waals surface area contributed by atoms with Crippen LogP contribution >= 0.6 is 15.9 Å². The number of hydrogen-bond donors (Lipinski definition) is 1. The molecule has 0 spiro atoms. The molecule has 0 radical (unpaired) electrons. The molecule has 0 atom stereocenters. The Morgan fingerprint density at radius 1 is 1.40 bits per heavy atom. The molecule has 0 aromatic carbocycles. The van der Waals surface area contributed by atoms with Crippen molar-refractivity contribution in [2.45, 2.75) is 51.6 Å². The molecule has 0 saturated heterocycles. The smallest absolute Gasteiger partial charge is 0.287 e. The van der Waals surface area contributed by atoms with E-state index in [9.17, 15) is 4.79 Å². The standard InChI is InChI=1S/C15H22BrNO3/c1-11-10-13(16)20-14(11)15(18)17-8-9-19-12-6-4-2-3-5-7-12/h10,12H,2-9H2,1H3,(H,17,18). The third-order valence-electron chi connectivity index (χ3n) is 3.64. The highest BCUT2D eigenvalue weighted by atomic mass is 79.9. The minimum absolute atomic E-state index is 0.183. The maximum Gasteiger partial charge on any atom is 0.287 e. The highest BCUT2D eigenvalue weighted by Crippen LogP contribution is 2.20. The molecule has 1 aromatic heterocycles. The summed E-state index contributed by atoms with van der Waals surface area (Å²) in [6.45, 7) is 2.94. The van der Waals surface area contributed by atoms with E-state index in [2.05, 4.69) is 21.2 Å². The van der Waals surface area contributed by atoms with Crippen LogP contribution in [0, 0.1) is 6.92 Å². The van der Waals surface area contributed by atoms with Crippen molar-refractivity contribution in [3.8, 4) is 0 Å². The van der Waals surface area contributed by atoms with Gasteiger partial charge in [-0.3, -0.25) is 4.79 Å². The van der Waals surface area contributed by atoms with Gasteiger partial charge in [-0.15, -0.1) is 0 Å². The van der Waals surface area contributed by atoms with Crippen molar-refractivity contribution in [2.75, 3.05) is 13.2 Å². The summed E-state index contributed by atoms with van der Waals surface area (Å²) in [5, 5.41) is 2.83. The number of halogens is 1. The lowest BCUT2D eigenvalue weighted by Gasteiger charge is -2.15. The van der Waals surface area contributed by atoms with E-state index in [1.807, 2.05) is 6.92 Å². The maximum atomic E-state index is 11.9. The van der Waals surface area contributed by atoms with E-state index < -0.39 is 0 Å². The van der Waals surface area contributed by atoms with Crippen molar-refractivity contribution in [1.82, 2.24) is 5.32 Å². The van der Waals surface area contributed by atoms with Crippen LogP contribution in [0.4, 0.5) is 0 Å². The second-order valence-corrected chi connectivity index (χ2v) is 6.08. The van der Waals surface area contributed by atoms with Gasteiger partial charge in [-0.25, -0.2) is 0 Å². The highest BCUT2D eigenvalue weighted by Gasteiger charge is 2.15. The molecule has 1 aromatic rings. The van der Waals surface area contributed by atoms with E-state index >= 15 is 0 Å². The molecular formula is C15H22BrNO3. The van der Waals surface area contributed by atoms with Gasteiger partial charge in [0.1, 0.15) is 0 Å². The van der Waals surface area contributed by atoms with Crippen LogP contribution in [0.1, 0.15) is 54.6 Å². The molecule has 1 amide bonds. The zero-order chi connectivity index (χ0) is 14.4. The van der Waals surface area contributed by atoms with Crippen molar-refractivity contribution in [3.05, 3.63) is 22.1 Å². The zero-order valence-electron chi connectivity index (χ0n) is 11.9. The molecule has 5 heteroatoms. The second-order valence-electron chi connectivity index (χ2n) is 5.30. The van der Waals surface area contributed by atoms with Crippen LogP contribution in [-0.4, -0.2) is 25.2 Å². The van der Waals surface area contributed by atoms with E-state index in [0.717, 1.165) is 18.4 Å². The molecule has 1 N–H and O–H groups in total. The minimum atomic E-state index is -0.183. The van der Waals surface area contributed by atoms with E-state index in [0.29, 0.717) is 29.7 Å². The molecular weight excluding hydrogens is 322 g/mol. The summed E-state index contributed by atoms with van der Waals surface area (Å²) in [4.78, 5) is 11.9. The predicted molar refractivity (Wildman–Crippen MR) is 80.9 cm³/mol. The lowest BCUT2D eigenvalue weighted by Crippen LogP contribution is -2.28. The topological polar surface area (TPSA) is 51.5 Å². The number of furan rings is 1. The van der Waals surface area contributed by atoms with Crippen LogP contribution in [0.25, 0.3) is 0 Å². The average molecular weight is 344 g/mol. The monoisotopic (exact) mass is 343 g/mol. The van der Waals surface area contributed by atoms with Crippen molar-refractivity contribution in [2.24, 2.45) is 0 Å². The summed E-state index contributed by atoms with van der Waals surface area (Å²) in [7, 11) is 0. The summed E-state index contributed by atoms with van der Waals surface area (Å²) < 4.78 is 11.7. The lowest BCUT2D eigenvalue weighted by atomic mass is 10.1. The van der Waals surface area contributed by atoms with Gasteiger partial charge in [0.05, 0.1) is 12.7 Å². The van der Waals surface area contributed by atoms with Gasteiger partial charge < -0.3 is 14.5 Å². The molecule has 1 heterocycles. The Bertz CT molecular complexity index is 436. The molecule has 2 rings (SSSR count). The van der Waals surface area contributed by atoms with E-state index in [1.54, 1.807) is 6.07 Å². The van der Waals surface area contributed by atoms with Crippen molar-refractivity contribution < 1.29 is 13.9 Å². The lowest BCUT2D eigenvalue weighted by molar-refractivity contribution is 0.0439. The number of amides is 1. The third-order valence-corrected chi connectivity index (χ3v) is 4.03. The highest BCUT2D eigenvalue weighted by molar-refractivity contribution is 9.10. The Morgan fingerprint density at radius 2 is 2.10 bits per heavy atom. The zero-order valence-corrected chi connectivity index (χ0v) is 13.5. The molecule has 20 heavy (non-hydrogen) atoms. The van der Waals surface area contributed by atoms with Gasteiger partial charge in [0, 0.05) is 12.1 Å². The van der Waals surface area contributed by atoms with Crippen molar-refractivity contribution in [1.29, 1.82) is 0 Å². The Hall–Kier alpha value is -0.810. The first-order valence-corrected chi connectivity index (χ1v) is 8.12. The number of rotatable bonds is 5. The first kappa shape index (κ1) is 15.6. The fraction of sp³-hybridized carbons (Fsp3) is 0.667. The number of aryl methyl sites for hydroxylation is 1. The van der Waals surface area contributed by atoms with Gasteiger partial charge in [0.2, 0.25) is 0 Å². The van der Waals surface area contributed by atoms with Crippen LogP contribution in [0.2, 0.25) is 0 Å². The van der Waals surface area contributed by atoms with Gasteiger partial charge in [-0.2, -0.15) is 0 Å². The number of carbonyl (C=O) groups is 1. The number of carbonyl (C=O) groups excluding carboxylic acids is 1. The van der Waals surface area contributed by atoms with Gasteiger partial charge in [0.15, 0.2) is 10.4 Å². The van der Waals surface area contributed by atoms with Crippen molar-refractivity contribution >= 4 is 21.8 Å². The Labute approximate surface area is 128 Å². The molecule has 0 bridgehead atoms. The van der Waals surface area contributed by atoms with Crippen LogP contribution in [0.5, 0.6) is 0 Å². The summed E-state index contributed by atoms with van der Waals surface area (Å²) in [5.74, 6) is 0.184. The first-order valence-electron chi connectivity index (χ1n) is 7.32. The largest absolute Gasteiger partial charge is 0.444 e. The Kier molecular flexibility index (Phi) is 6.10. The summed E-state index contributed by atoms with van der Waals surface area (Å²) in [6.07, 6.45) is 7.84. The number of nitrogens with one attached hydrogen (secondary N) is 1. The summed E-state index contributed by atoms with van der Waals surface area (Å²) >= 11 is 3.22. The number of hydrogen-bond acceptors (Lipinski definition) is 3. The molecule has 1 fully saturated rings. The van der Waals surface area contributed by atoms with Gasteiger partial charge in [0.25, 0.3) is 5.91 Å². The SMILES string of the molecule is Cc1cc(Br)oc1C(=O)NCCOC1CCCCCC1. The molecule has 112 valence electrons. The molecule has 0 unspecified atom stereocenters. The van der Waals surface area contributed by atoms with Crippen LogP contribution < -0.4 is 5.32 Å². The van der Waals surface area contributed by atoms with Crippen LogP contribution in [-0.2, 0) is 4.74 Å². The molecule has 0 aliphatic heterocycles.